The van der Waals surface area contributed by atoms with Gasteiger partial charge in [0.25, 0.3) is 0 Å². The van der Waals surface area contributed by atoms with Crippen molar-refractivity contribution in [3.63, 3.8) is 0 Å². The molecule has 0 radical (unpaired) electrons. The van der Waals surface area contributed by atoms with E-state index in [-0.39, 0.29) is 12.6 Å². The molecule has 0 aromatic carbocycles. The average molecular weight is 218 g/mol. The lowest BCUT2D eigenvalue weighted by atomic mass is 10.1. The lowest BCUT2D eigenvalue weighted by Gasteiger charge is -2.07. The zero-order valence-electron chi connectivity index (χ0n) is 7.67. The molecule has 0 aliphatic carbocycles. The van der Waals surface area contributed by atoms with E-state index in [0.29, 0.717) is 17.8 Å². The number of alkyl halides is 3. The number of aliphatic hydroxyl groups is 1. The first-order valence-corrected chi connectivity index (χ1v) is 4.44. The summed E-state index contributed by atoms with van der Waals surface area (Å²) < 4.78 is 37.0. The molecule has 1 aromatic heterocycles. The van der Waals surface area contributed by atoms with E-state index in [1.165, 1.54) is 0 Å². The third-order valence-electron chi connectivity index (χ3n) is 2.32. The minimum atomic E-state index is -4.36. The third-order valence-corrected chi connectivity index (χ3v) is 2.32. The van der Waals surface area contributed by atoms with Gasteiger partial charge < -0.3 is 10.4 Å². The highest BCUT2D eigenvalue weighted by Gasteiger charge is 2.33. The Kier molecular flexibility index (Phi) is 2.30. The number of hydrogen-bond acceptors (Lipinski definition) is 3. The van der Waals surface area contributed by atoms with Crippen LogP contribution in [0.4, 0.5) is 19.0 Å². The Balaban J connectivity index is 2.30. The highest BCUT2D eigenvalue weighted by molar-refractivity contribution is 5.52. The molecule has 1 aromatic rings. The summed E-state index contributed by atoms with van der Waals surface area (Å²) in [6.07, 6.45) is -3.19. The molecule has 3 nitrogen and oxygen atoms in total. The molecule has 2 rings (SSSR count). The van der Waals surface area contributed by atoms with E-state index < -0.39 is 11.7 Å². The maximum atomic E-state index is 12.3. The van der Waals surface area contributed by atoms with Crippen molar-refractivity contribution in [2.75, 3.05) is 11.9 Å². The average Bonchev–Trinajstić information content (AvgIpc) is 2.57. The monoisotopic (exact) mass is 218 g/mol. The Morgan fingerprint density at radius 1 is 1.53 bits per heavy atom. The minimum absolute atomic E-state index is 0.113. The summed E-state index contributed by atoms with van der Waals surface area (Å²) >= 11 is 0. The smallest absolute Gasteiger partial charge is 0.394 e. The van der Waals surface area contributed by atoms with E-state index in [0.717, 1.165) is 12.3 Å². The summed E-state index contributed by atoms with van der Waals surface area (Å²) in [6.45, 7) is -0.113. The van der Waals surface area contributed by atoms with Gasteiger partial charge in [-0.1, -0.05) is 0 Å². The molecule has 1 aliphatic heterocycles. The van der Waals surface area contributed by atoms with Crippen molar-refractivity contribution in [3.8, 4) is 0 Å². The van der Waals surface area contributed by atoms with E-state index >= 15 is 0 Å². The van der Waals surface area contributed by atoms with Gasteiger partial charge in [0.2, 0.25) is 0 Å². The molecule has 0 amide bonds. The van der Waals surface area contributed by atoms with Crippen LogP contribution in [0.2, 0.25) is 0 Å². The predicted molar refractivity (Wildman–Crippen MR) is 47.4 cm³/mol. The van der Waals surface area contributed by atoms with E-state index in [2.05, 4.69) is 10.3 Å². The molecule has 0 spiro atoms. The van der Waals surface area contributed by atoms with Gasteiger partial charge in [0.05, 0.1) is 18.2 Å². The van der Waals surface area contributed by atoms with Crippen LogP contribution in [0.3, 0.4) is 0 Å². The molecule has 0 saturated heterocycles. The molecular formula is C9H9F3N2O. The first-order valence-electron chi connectivity index (χ1n) is 4.44. The number of halogens is 3. The molecule has 6 heteroatoms. The number of rotatable bonds is 1. The van der Waals surface area contributed by atoms with E-state index in [9.17, 15) is 13.2 Å². The summed E-state index contributed by atoms with van der Waals surface area (Å²) in [4.78, 5) is 3.68. The van der Waals surface area contributed by atoms with Crippen molar-refractivity contribution < 1.29 is 18.3 Å². The maximum absolute atomic E-state index is 12.3. The van der Waals surface area contributed by atoms with Crippen LogP contribution < -0.4 is 5.32 Å². The quantitative estimate of drug-likeness (QED) is 0.749. The topological polar surface area (TPSA) is 45.2 Å². The minimum Gasteiger partial charge on any atom is -0.394 e. The zero-order valence-corrected chi connectivity index (χ0v) is 7.67. The van der Waals surface area contributed by atoms with Gasteiger partial charge in [-0.2, -0.15) is 13.2 Å². The highest BCUT2D eigenvalue weighted by Crippen LogP contribution is 2.32. The van der Waals surface area contributed by atoms with Crippen molar-refractivity contribution in [2.24, 2.45) is 0 Å². The fourth-order valence-electron chi connectivity index (χ4n) is 1.57. The van der Waals surface area contributed by atoms with Crippen LogP contribution in [0.1, 0.15) is 11.1 Å². The second-order valence-electron chi connectivity index (χ2n) is 3.46. The van der Waals surface area contributed by atoms with Crippen LogP contribution in [0.25, 0.3) is 0 Å². The normalized spacial score (nSPS) is 19.9. The van der Waals surface area contributed by atoms with Gasteiger partial charge in [-0.3, -0.25) is 0 Å². The molecule has 1 aliphatic rings. The van der Waals surface area contributed by atoms with Crippen LogP contribution in [0.15, 0.2) is 12.3 Å². The van der Waals surface area contributed by atoms with Crippen molar-refractivity contribution in [2.45, 2.75) is 18.6 Å². The van der Waals surface area contributed by atoms with Gasteiger partial charge in [0, 0.05) is 6.20 Å². The van der Waals surface area contributed by atoms with Gasteiger partial charge in [-0.05, 0) is 18.1 Å². The molecule has 0 saturated carbocycles. The van der Waals surface area contributed by atoms with Crippen LogP contribution in [0, 0.1) is 0 Å². The third kappa shape index (κ3) is 1.90. The van der Waals surface area contributed by atoms with Gasteiger partial charge in [-0.15, -0.1) is 0 Å². The molecule has 0 bridgehead atoms. The van der Waals surface area contributed by atoms with E-state index in [1.807, 2.05) is 0 Å². The van der Waals surface area contributed by atoms with E-state index in [1.54, 1.807) is 0 Å². The number of fused-ring (bicyclic) bond motifs is 1. The lowest BCUT2D eigenvalue weighted by molar-refractivity contribution is -0.137. The fraction of sp³-hybridized carbons (Fsp3) is 0.444. The summed E-state index contributed by atoms with van der Waals surface area (Å²) in [7, 11) is 0. The Morgan fingerprint density at radius 2 is 2.27 bits per heavy atom. The Morgan fingerprint density at radius 3 is 2.87 bits per heavy atom. The summed E-state index contributed by atoms with van der Waals surface area (Å²) in [5, 5.41) is 11.7. The number of pyridine rings is 1. The summed E-state index contributed by atoms with van der Waals surface area (Å²) in [6, 6.07) is 0.848. The van der Waals surface area contributed by atoms with Gasteiger partial charge in [-0.25, -0.2) is 4.98 Å². The van der Waals surface area contributed by atoms with Gasteiger partial charge in [0.1, 0.15) is 5.82 Å². The number of aromatic nitrogens is 1. The summed E-state index contributed by atoms with van der Waals surface area (Å²) in [5.74, 6) is 0.432. The number of anilines is 1. The molecule has 2 N–H and O–H groups in total. The molecule has 15 heavy (non-hydrogen) atoms. The first kappa shape index (κ1) is 10.2. The van der Waals surface area contributed by atoms with Crippen LogP contribution in [-0.2, 0) is 12.6 Å². The van der Waals surface area contributed by atoms with Gasteiger partial charge >= 0.3 is 6.18 Å². The first-order chi connectivity index (χ1) is 7.00. The molecule has 82 valence electrons. The molecule has 0 unspecified atom stereocenters. The molecule has 1 atom stereocenters. The van der Waals surface area contributed by atoms with Crippen LogP contribution >= 0.6 is 0 Å². The zero-order chi connectivity index (χ0) is 11.1. The van der Waals surface area contributed by atoms with Crippen molar-refractivity contribution >= 4 is 5.82 Å². The Labute approximate surface area is 83.9 Å². The fourth-order valence-corrected chi connectivity index (χ4v) is 1.57. The van der Waals surface area contributed by atoms with Crippen molar-refractivity contribution in [1.82, 2.24) is 4.98 Å². The van der Waals surface area contributed by atoms with Crippen LogP contribution in [0.5, 0.6) is 0 Å². The lowest BCUT2D eigenvalue weighted by Crippen LogP contribution is -2.19. The standard InChI is InChI=1S/C9H9F3N2O/c10-9(11,12)6-1-5-2-7(4-15)14-8(5)13-3-6/h1,3,7,15H,2,4H2,(H,13,14)/t7-/m0/s1. The number of nitrogens with one attached hydrogen (secondary N) is 1. The van der Waals surface area contributed by atoms with Crippen molar-refractivity contribution in [1.29, 1.82) is 0 Å². The second kappa shape index (κ2) is 3.37. The van der Waals surface area contributed by atoms with Gasteiger partial charge in [0.15, 0.2) is 0 Å². The van der Waals surface area contributed by atoms with Crippen LogP contribution in [-0.4, -0.2) is 22.7 Å². The van der Waals surface area contributed by atoms with Crippen molar-refractivity contribution in [3.05, 3.63) is 23.4 Å². The maximum Gasteiger partial charge on any atom is 0.417 e. The molecule has 0 fully saturated rings. The summed E-state index contributed by atoms with van der Waals surface area (Å²) in [5.41, 5.74) is -0.245. The molecule has 2 heterocycles. The second-order valence-corrected chi connectivity index (χ2v) is 3.46. The molecular weight excluding hydrogens is 209 g/mol. The predicted octanol–water partition coefficient (Wildman–Crippen LogP) is 1.43. The number of nitrogens with zero attached hydrogens (tertiary/aromatic N) is 1. The van der Waals surface area contributed by atoms with E-state index in [4.69, 9.17) is 5.11 Å². The Bertz CT molecular complexity index is 378. The Hall–Kier alpha value is -1.30. The largest absolute Gasteiger partial charge is 0.417 e. The number of aliphatic hydroxyl groups excluding tert-OH is 1. The highest BCUT2D eigenvalue weighted by atomic mass is 19.4. The SMILES string of the molecule is OC[C@@H]1Cc2cc(C(F)(F)F)cnc2N1. The number of hydrogen-bond donors (Lipinski definition) is 2.